The van der Waals surface area contributed by atoms with Gasteiger partial charge < -0.3 is 15.3 Å². The van der Waals surface area contributed by atoms with Gasteiger partial charge in [0.05, 0.1) is 12.2 Å². The predicted octanol–water partition coefficient (Wildman–Crippen LogP) is 0.991. The largest absolute Gasteiger partial charge is 0.396 e. The molecule has 0 aromatic carbocycles. The molecule has 3 N–H and O–H groups in total. The van der Waals surface area contributed by atoms with E-state index in [0.29, 0.717) is 19.1 Å². The van der Waals surface area contributed by atoms with E-state index >= 15 is 0 Å². The van der Waals surface area contributed by atoms with Crippen LogP contribution in [0.4, 0.5) is 0 Å². The SMILES string of the molecule is CCC(C1CCCCC1)N1C[C@H](CO)[C@@H](O)[C@H](O)C1. The number of piperidine rings is 1. The number of likely N-dealkylation sites (tertiary alicyclic amines) is 1. The maximum Gasteiger partial charge on any atom is 0.0929 e. The molecule has 0 radical (unpaired) electrons. The molecule has 0 amide bonds. The van der Waals surface area contributed by atoms with Gasteiger partial charge in [0.1, 0.15) is 0 Å². The fourth-order valence-electron chi connectivity index (χ4n) is 3.99. The van der Waals surface area contributed by atoms with Crippen molar-refractivity contribution in [1.82, 2.24) is 4.90 Å². The minimum atomic E-state index is -0.773. The Morgan fingerprint density at radius 3 is 2.37 bits per heavy atom. The van der Waals surface area contributed by atoms with Gasteiger partial charge in [0.25, 0.3) is 0 Å². The Kier molecular flexibility index (Phi) is 5.63. The Labute approximate surface area is 116 Å². The molecule has 0 bridgehead atoms. The van der Waals surface area contributed by atoms with Gasteiger partial charge in [-0.05, 0) is 25.2 Å². The molecular weight excluding hydrogens is 242 g/mol. The van der Waals surface area contributed by atoms with Gasteiger partial charge in [0.2, 0.25) is 0 Å². The topological polar surface area (TPSA) is 63.9 Å². The van der Waals surface area contributed by atoms with E-state index in [1.807, 2.05) is 0 Å². The lowest BCUT2D eigenvalue weighted by atomic mass is 9.80. The zero-order valence-electron chi connectivity index (χ0n) is 12.0. The van der Waals surface area contributed by atoms with Crippen molar-refractivity contribution in [2.24, 2.45) is 11.8 Å². The van der Waals surface area contributed by atoms with Crippen LogP contribution in [0.2, 0.25) is 0 Å². The van der Waals surface area contributed by atoms with Crippen molar-refractivity contribution < 1.29 is 15.3 Å². The summed E-state index contributed by atoms with van der Waals surface area (Å²) in [5, 5.41) is 29.2. The maximum atomic E-state index is 9.99. The third kappa shape index (κ3) is 3.48. The molecule has 2 aliphatic rings. The lowest BCUT2D eigenvalue weighted by Gasteiger charge is -2.45. The molecule has 4 nitrogen and oxygen atoms in total. The van der Waals surface area contributed by atoms with E-state index in [4.69, 9.17) is 0 Å². The molecule has 2 rings (SSSR count). The van der Waals surface area contributed by atoms with Gasteiger partial charge >= 0.3 is 0 Å². The number of aliphatic hydroxyl groups excluding tert-OH is 3. The van der Waals surface area contributed by atoms with Crippen molar-refractivity contribution in [2.45, 2.75) is 63.7 Å². The van der Waals surface area contributed by atoms with Gasteiger partial charge in [-0.25, -0.2) is 0 Å². The van der Waals surface area contributed by atoms with Crippen LogP contribution in [0.5, 0.6) is 0 Å². The van der Waals surface area contributed by atoms with Crippen LogP contribution in [0, 0.1) is 11.8 Å². The van der Waals surface area contributed by atoms with Crippen LogP contribution < -0.4 is 0 Å². The van der Waals surface area contributed by atoms with Gasteiger partial charge in [0, 0.05) is 31.7 Å². The quantitative estimate of drug-likeness (QED) is 0.713. The van der Waals surface area contributed by atoms with Gasteiger partial charge in [-0.15, -0.1) is 0 Å². The number of rotatable bonds is 4. The highest BCUT2D eigenvalue weighted by Crippen LogP contribution is 2.32. The van der Waals surface area contributed by atoms with Crippen molar-refractivity contribution in [3.8, 4) is 0 Å². The molecule has 0 aromatic rings. The molecule has 1 aliphatic heterocycles. The van der Waals surface area contributed by atoms with Crippen LogP contribution in [0.25, 0.3) is 0 Å². The molecule has 1 aliphatic carbocycles. The summed E-state index contributed by atoms with van der Waals surface area (Å²) in [6, 6.07) is 0.497. The Bertz CT molecular complexity index is 268. The molecule has 2 fully saturated rings. The van der Waals surface area contributed by atoms with Gasteiger partial charge in [-0.1, -0.05) is 26.2 Å². The summed E-state index contributed by atoms with van der Waals surface area (Å²) < 4.78 is 0. The zero-order chi connectivity index (χ0) is 13.8. The van der Waals surface area contributed by atoms with Crippen LogP contribution in [-0.4, -0.2) is 58.2 Å². The van der Waals surface area contributed by atoms with E-state index in [-0.39, 0.29) is 12.5 Å². The average Bonchev–Trinajstić information content (AvgIpc) is 2.44. The normalized spacial score (nSPS) is 36.3. The van der Waals surface area contributed by atoms with Crippen LogP contribution in [0.15, 0.2) is 0 Å². The van der Waals surface area contributed by atoms with E-state index < -0.39 is 12.2 Å². The van der Waals surface area contributed by atoms with Crippen molar-refractivity contribution in [3.63, 3.8) is 0 Å². The second-order valence-electron chi connectivity index (χ2n) is 6.33. The first-order valence-corrected chi connectivity index (χ1v) is 7.88. The third-order valence-corrected chi connectivity index (χ3v) is 5.08. The molecule has 1 saturated heterocycles. The molecule has 1 unspecified atom stereocenters. The summed E-state index contributed by atoms with van der Waals surface area (Å²) in [4.78, 5) is 2.31. The molecule has 4 atom stereocenters. The molecule has 1 heterocycles. The Morgan fingerprint density at radius 1 is 1.11 bits per heavy atom. The Hall–Kier alpha value is -0.160. The highest BCUT2D eigenvalue weighted by atomic mass is 16.3. The monoisotopic (exact) mass is 271 g/mol. The van der Waals surface area contributed by atoms with Crippen LogP contribution in [0.1, 0.15) is 45.4 Å². The highest BCUT2D eigenvalue weighted by Gasteiger charge is 2.38. The summed E-state index contributed by atoms with van der Waals surface area (Å²) in [6.45, 7) is 3.43. The fraction of sp³-hybridized carbons (Fsp3) is 1.00. The second-order valence-corrected chi connectivity index (χ2v) is 6.33. The number of aliphatic hydroxyl groups is 3. The number of nitrogens with zero attached hydrogens (tertiary/aromatic N) is 1. The summed E-state index contributed by atoms with van der Waals surface area (Å²) in [5.41, 5.74) is 0. The van der Waals surface area contributed by atoms with Gasteiger partial charge in [-0.3, -0.25) is 4.90 Å². The van der Waals surface area contributed by atoms with Crippen molar-refractivity contribution in [3.05, 3.63) is 0 Å². The van der Waals surface area contributed by atoms with E-state index in [2.05, 4.69) is 11.8 Å². The summed E-state index contributed by atoms with van der Waals surface area (Å²) in [5.74, 6) is 0.516. The smallest absolute Gasteiger partial charge is 0.0929 e. The number of hydrogen-bond acceptors (Lipinski definition) is 4. The maximum absolute atomic E-state index is 9.99. The molecule has 112 valence electrons. The van der Waals surface area contributed by atoms with E-state index in [1.54, 1.807) is 0 Å². The van der Waals surface area contributed by atoms with Crippen LogP contribution in [-0.2, 0) is 0 Å². The lowest BCUT2D eigenvalue weighted by Crippen LogP contribution is -2.57. The standard InChI is InChI=1S/C15H29NO3/c1-2-13(11-6-4-3-5-7-11)16-8-12(10-17)15(19)14(18)9-16/h11-15,17-19H,2-10H2,1H3/t12-,13?,14-,15-/m1/s1. The summed E-state index contributed by atoms with van der Waals surface area (Å²) in [7, 11) is 0. The summed E-state index contributed by atoms with van der Waals surface area (Å²) >= 11 is 0. The Morgan fingerprint density at radius 2 is 1.79 bits per heavy atom. The summed E-state index contributed by atoms with van der Waals surface area (Å²) in [6.07, 6.45) is 6.18. The van der Waals surface area contributed by atoms with E-state index in [9.17, 15) is 15.3 Å². The van der Waals surface area contributed by atoms with E-state index in [0.717, 1.165) is 12.3 Å². The molecular formula is C15H29NO3. The first kappa shape index (κ1) is 15.2. The average molecular weight is 271 g/mol. The van der Waals surface area contributed by atoms with Crippen LogP contribution >= 0.6 is 0 Å². The third-order valence-electron chi connectivity index (χ3n) is 5.08. The molecule has 4 heteroatoms. The predicted molar refractivity (Wildman–Crippen MR) is 74.8 cm³/mol. The van der Waals surface area contributed by atoms with Crippen molar-refractivity contribution in [1.29, 1.82) is 0 Å². The van der Waals surface area contributed by atoms with Crippen molar-refractivity contribution >= 4 is 0 Å². The minimum absolute atomic E-state index is 0.0458. The minimum Gasteiger partial charge on any atom is -0.396 e. The molecule has 1 saturated carbocycles. The second kappa shape index (κ2) is 7.02. The first-order chi connectivity index (χ1) is 9.17. The molecule has 19 heavy (non-hydrogen) atoms. The van der Waals surface area contributed by atoms with Crippen molar-refractivity contribution in [2.75, 3.05) is 19.7 Å². The lowest BCUT2D eigenvalue weighted by molar-refractivity contribution is -0.102. The van der Waals surface area contributed by atoms with Gasteiger partial charge in [-0.2, -0.15) is 0 Å². The zero-order valence-corrected chi connectivity index (χ0v) is 12.0. The number of hydrogen-bond donors (Lipinski definition) is 3. The van der Waals surface area contributed by atoms with E-state index in [1.165, 1.54) is 32.1 Å². The molecule has 0 aromatic heterocycles. The molecule has 0 spiro atoms. The van der Waals surface area contributed by atoms with Gasteiger partial charge in [0.15, 0.2) is 0 Å². The highest BCUT2D eigenvalue weighted by molar-refractivity contribution is 4.91. The van der Waals surface area contributed by atoms with Crippen LogP contribution in [0.3, 0.4) is 0 Å². The fourth-order valence-corrected chi connectivity index (χ4v) is 3.99. The number of β-amino-alcohol motifs (C(OH)–C–C–N with tert-alkyl or cyclic N) is 1. The Balaban J connectivity index is 2.01. The first-order valence-electron chi connectivity index (χ1n) is 7.88.